The molecule has 2 saturated carbocycles. The third-order valence-corrected chi connectivity index (χ3v) is 7.32. The smallest absolute Gasteiger partial charge is 0.344 e. The molecule has 8 nitrogen and oxygen atoms in total. The topological polar surface area (TPSA) is 105 Å². The van der Waals surface area contributed by atoms with E-state index < -0.39 is 100 Å². The summed E-state index contributed by atoms with van der Waals surface area (Å²) >= 11 is 0. The minimum atomic E-state index is -2.43. The third-order valence-electron chi connectivity index (χ3n) is 7.32. The molecule has 1 heterocycles. The minimum Gasteiger partial charge on any atom is -0.457 e. The first-order chi connectivity index (χ1) is 16.8. The lowest BCUT2D eigenvalue weighted by atomic mass is 9.73. The summed E-state index contributed by atoms with van der Waals surface area (Å²) in [6.45, 7) is 4.36. The number of carbonyl (C=O) groups is 4. The molecular formula is C23H21F5O8. The van der Waals surface area contributed by atoms with Crippen molar-refractivity contribution in [2.24, 2.45) is 22.7 Å². The first-order valence-electron chi connectivity index (χ1n) is 11.1. The maximum Gasteiger partial charge on any atom is 0.344 e. The molecule has 5 atom stereocenters. The fourth-order valence-corrected chi connectivity index (χ4v) is 4.94. The number of hydrogen-bond acceptors (Lipinski definition) is 8. The molecule has 196 valence electrons. The lowest BCUT2D eigenvalue weighted by Crippen LogP contribution is -2.47. The molecule has 4 rings (SSSR count). The van der Waals surface area contributed by atoms with E-state index in [0.29, 0.717) is 6.42 Å². The van der Waals surface area contributed by atoms with E-state index in [0.717, 1.165) is 0 Å². The molecule has 1 aromatic rings. The normalized spacial score (nSPS) is 28.2. The van der Waals surface area contributed by atoms with Gasteiger partial charge in [0.25, 0.3) is 0 Å². The number of carbonyl (C=O) groups excluding carboxylic acids is 4. The SMILES string of the molecule is CCC(C)(C)C(=O)OCC(=O)OC1C2CC3C1OC(=O)C3(C(=O)Oc1c(F)c(F)c(F)c(F)c1F)C2. The second kappa shape index (κ2) is 8.70. The summed E-state index contributed by atoms with van der Waals surface area (Å²) < 4.78 is 88.3. The van der Waals surface area contributed by atoms with Gasteiger partial charge in [-0.1, -0.05) is 6.92 Å². The summed E-state index contributed by atoms with van der Waals surface area (Å²) in [5, 5.41) is 0. The number of benzene rings is 1. The van der Waals surface area contributed by atoms with E-state index in [1.54, 1.807) is 20.8 Å². The fraction of sp³-hybridized carbons (Fsp3) is 0.565. The zero-order valence-corrected chi connectivity index (χ0v) is 19.3. The number of hydrogen-bond donors (Lipinski definition) is 0. The molecule has 0 radical (unpaired) electrons. The molecule has 3 aliphatic rings. The zero-order valence-electron chi connectivity index (χ0n) is 19.3. The van der Waals surface area contributed by atoms with Crippen LogP contribution in [0.25, 0.3) is 0 Å². The highest BCUT2D eigenvalue weighted by atomic mass is 19.2. The Kier molecular flexibility index (Phi) is 6.24. The van der Waals surface area contributed by atoms with Crippen LogP contribution in [0.5, 0.6) is 5.75 Å². The van der Waals surface area contributed by atoms with Crippen LogP contribution in [0, 0.1) is 51.8 Å². The Labute approximate surface area is 201 Å². The average molecular weight is 520 g/mol. The second-order valence-electron chi connectivity index (χ2n) is 9.70. The summed E-state index contributed by atoms with van der Waals surface area (Å²) in [5.74, 6) is -19.3. The van der Waals surface area contributed by atoms with Gasteiger partial charge in [0.2, 0.25) is 34.8 Å². The van der Waals surface area contributed by atoms with Gasteiger partial charge in [0, 0.05) is 11.8 Å². The van der Waals surface area contributed by atoms with Crippen molar-refractivity contribution in [1.82, 2.24) is 0 Å². The molecule has 5 unspecified atom stereocenters. The first-order valence-corrected chi connectivity index (χ1v) is 11.1. The third kappa shape index (κ3) is 3.70. The van der Waals surface area contributed by atoms with Gasteiger partial charge in [-0.15, -0.1) is 0 Å². The highest BCUT2D eigenvalue weighted by Gasteiger charge is 2.75. The van der Waals surface area contributed by atoms with Crippen LogP contribution in [0.15, 0.2) is 0 Å². The summed E-state index contributed by atoms with van der Waals surface area (Å²) in [4.78, 5) is 49.8. The van der Waals surface area contributed by atoms with Crippen molar-refractivity contribution < 1.29 is 60.1 Å². The van der Waals surface area contributed by atoms with Crippen LogP contribution >= 0.6 is 0 Å². The molecule has 2 bridgehead atoms. The number of fused-ring (bicyclic) bond motifs is 1. The van der Waals surface area contributed by atoms with Gasteiger partial charge in [0.1, 0.15) is 12.2 Å². The van der Waals surface area contributed by atoms with Crippen LogP contribution in [0.3, 0.4) is 0 Å². The van der Waals surface area contributed by atoms with Gasteiger partial charge in [-0.3, -0.25) is 14.4 Å². The van der Waals surface area contributed by atoms with Crippen molar-refractivity contribution in [3.63, 3.8) is 0 Å². The van der Waals surface area contributed by atoms with Gasteiger partial charge < -0.3 is 18.9 Å². The molecule has 13 heteroatoms. The average Bonchev–Trinajstić information content (AvgIpc) is 3.45. The second-order valence-corrected chi connectivity index (χ2v) is 9.70. The van der Waals surface area contributed by atoms with Gasteiger partial charge in [0.05, 0.1) is 5.41 Å². The highest BCUT2D eigenvalue weighted by Crippen LogP contribution is 2.63. The Morgan fingerprint density at radius 1 is 1.03 bits per heavy atom. The maximum absolute atomic E-state index is 14.0. The van der Waals surface area contributed by atoms with Crippen LogP contribution in [-0.4, -0.2) is 42.7 Å². The van der Waals surface area contributed by atoms with Crippen molar-refractivity contribution in [1.29, 1.82) is 0 Å². The molecule has 0 aromatic heterocycles. The van der Waals surface area contributed by atoms with E-state index in [1.807, 2.05) is 0 Å². The predicted octanol–water partition coefficient (Wildman–Crippen LogP) is 3.13. The van der Waals surface area contributed by atoms with E-state index in [4.69, 9.17) is 14.2 Å². The van der Waals surface area contributed by atoms with Crippen molar-refractivity contribution in [3.05, 3.63) is 29.1 Å². The van der Waals surface area contributed by atoms with Crippen molar-refractivity contribution >= 4 is 23.9 Å². The van der Waals surface area contributed by atoms with E-state index in [-0.39, 0.29) is 12.8 Å². The van der Waals surface area contributed by atoms with Gasteiger partial charge in [0.15, 0.2) is 12.0 Å². The van der Waals surface area contributed by atoms with Crippen LogP contribution in [0.2, 0.25) is 0 Å². The molecule has 1 saturated heterocycles. The van der Waals surface area contributed by atoms with Crippen LogP contribution in [-0.2, 0) is 33.4 Å². The number of ether oxygens (including phenoxy) is 4. The van der Waals surface area contributed by atoms with Crippen LogP contribution in [0.1, 0.15) is 40.0 Å². The Morgan fingerprint density at radius 2 is 1.61 bits per heavy atom. The number of rotatable bonds is 7. The molecule has 1 aromatic carbocycles. The molecule has 0 spiro atoms. The molecule has 2 aliphatic carbocycles. The van der Waals surface area contributed by atoms with Gasteiger partial charge >= 0.3 is 23.9 Å². The van der Waals surface area contributed by atoms with Crippen LogP contribution in [0.4, 0.5) is 22.0 Å². The zero-order chi connectivity index (χ0) is 26.7. The van der Waals surface area contributed by atoms with E-state index in [9.17, 15) is 41.1 Å². The van der Waals surface area contributed by atoms with Crippen molar-refractivity contribution in [2.45, 2.75) is 52.2 Å². The Balaban J connectivity index is 1.47. The van der Waals surface area contributed by atoms with Gasteiger partial charge in [-0.05, 0) is 33.1 Å². The van der Waals surface area contributed by atoms with E-state index in [1.165, 1.54) is 0 Å². The molecule has 3 fully saturated rings. The summed E-state index contributed by atoms with van der Waals surface area (Å²) in [6.07, 6.45) is -1.80. The standard InChI is InChI=1S/C23H21F5O8/c1-4-22(2,3)19(30)33-7-10(29)34-16-8-5-9-17(16)35-20(31)23(9,6-8)21(32)36-18-14(27)12(25)11(24)13(26)15(18)28/h8-9,16-17H,4-7H2,1-3H3. The largest absolute Gasteiger partial charge is 0.457 e. The monoisotopic (exact) mass is 520 g/mol. The predicted molar refractivity (Wildman–Crippen MR) is 105 cm³/mol. The lowest BCUT2D eigenvalue weighted by Gasteiger charge is -2.30. The fourth-order valence-electron chi connectivity index (χ4n) is 4.94. The van der Waals surface area contributed by atoms with E-state index >= 15 is 0 Å². The summed E-state index contributed by atoms with van der Waals surface area (Å²) in [6, 6.07) is 0. The molecule has 0 N–H and O–H groups in total. The summed E-state index contributed by atoms with van der Waals surface area (Å²) in [7, 11) is 0. The van der Waals surface area contributed by atoms with Crippen molar-refractivity contribution in [3.8, 4) is 5.75 Å². The maximum atomic E-state index is 14.0. The quantitative estimate of drug-likeness (QED) is 0.103. The molecule has 36 heavy (non-hydrogen) atoms. The Hall–Kier alpha value is -3.25. The van der Waals surface area contributed by atoms with Gasteiger partial charge in [-0.25, -0.2) is 18.0 Å². The number of halogens is 5. The molecule has 0 amide bonds. The van der Waals surface area contributed by atoms with Crippen molar-refractivity contribution in [2.75, 3.05) is 6.61 Å². The Morgan fingerprint density at radius 3 is 2.19 bits per heavy atom. The number of esters is 4. The minimum absolute atomic E-state index is 0.128. The molecular weight excluding hydrogens is 499 g/mol. The van der Waals surface area contributed by atoms with Gasteiger partial charge in [-0.2, -0.15) is 8.78 Å². The summed E-state index contributed by atoms with van der Waals surface area (Å²) in [5.41, 5.74) is -2.88. The lowest BCUT2D eigenvalue weighted by molar-refractivity contribution is -0.173. The first kappa shape index (κ1) is 25.8. The van der Waals surface area contributed by atoms with Crippen LogP contribution < -0.4 is 4.74 Å². The Bertz CT molecular complexity index is 1140. The molecule has 1 aliphatic heterocycles. The highest BCUT2D eigenvalue weighted by molar-refractivity contribution is 6.03. The van der Waals surface area contributed by atoms with E-state index in [2.05, 4.69) is 4.74 Å².